The number of sulfone groups is 1. The fourth-order valence-corrected chi connectivity index (χ4v) is 10.1. The molecule has 0 aliphatic carbocycles. The fourth-order valence-electron chi connectivity index (χ4n) is 8.12. The van der Waals surface area contributed by atoms with Crippen LogP contribution in [-0.4, -0.2) is 104 Å². The van der Waals surface area contributed by atoms with Crippen LogP contribution >= 0.6 is 0 Å². The number of benzene rings is 2. The number of ether oxygens (including phenoxy) is 1. The van der Waals surface area contributed by atoms with E-state index in [0.717, 1.165) is 58.4 Å². The van der Waals surface area contributed by atoms with E-state index < -0.39 is 20.6 Å². The Morgan fingerprint density at radius 1 is 0.796 bits per heavy atom. The lowest BCUT2D eigenvalue weighted by Gasteiger charge is -2.43. The molecule has 0 amide bonds. The lowest BCUT2D eigenvalue weighted by molar-refractivity contribution is 0.0747. The van der Waals surface area contributed by atoms with Crippen LogP contribution in [0.3, 0.4) is 0 Å². The van der Waals surface area contributed by atoms with Gasteiger partial charge in [-0.1, -0.05) is 90.4 Å². The molecule has 2 aliphatic heterocycles. The maximum absolute atomic E-state index is 14.4. The number of piperidine rings is 1. The Balaban J connectivity index is 1.15. The van der Waals surface area contributed by atoms with Gasteiger partial charge in [0.25, 0.3) is 0 Å². The smallest absolute Gasteiger partial charge is 0.210 e. The molecule has 1 unspecified atom stereocenters. The minimum absolute atomic E-state index is 0.182. The number of aliphatic hydroxyl groups excluding tert-OH is 1. The molecule has 3 heterocycles. The van der Waals surface area contributed by atoms with Crippen molar-refractivity contribution in [2.24, 2.45) is 0 Å². The molecule has 1 N–H and O–H groups in total. The van der Waals surface area contributed by atoms with Gasteiger partial charge in [0.1, 0.15) is 10.6 Å². The number of hydrogen-bond acceptors (Lipinski definition) is 9. The maximum Gasteiger partial charge on any atom is 0.210 e. The molecule has 3 aromatic rings. The minimum atomic E-state index is -3.93. The van der Waals surface area contributed by atoms with Gasteiger partial charge in [0, 0.05) is 85.4 Å². The molecule has 2 saturated heterocycles. The van der Waals surface area contributed by atoms with Crippen LogP contribution in [0, 0.1) is 0 Å². The predicted octanol–water partition coefficient (Wildman–Crippen LogP) is 8.24. The summed E-state index contributed by atoms with van der Waals surface area (Å²) in [4.78, 5) is 12.7. The maximum atomic E-state index is 14.4. The van der Waals surface area contributed by atoms with Crippen molar-refractivity contribution in [1.82, 2.24) is 14.8 Å². The molecular formula is C43H66N4O5S2. The highest BCUT2D eigenvalue weighted by molar-refractivity contribution is 7.91. The average Bonchev–Trinajstić information content (AvgIpc) is 3.19. The zero-order valence-corrected chi connectivity index (χ0v) is 34.7. The Kier molecular flexibility index (Phi) is 17.5. The van der Waals surface area contributed by atoms with Crippen LogP contribution in [0.2, 0.25) is 0 Å². The van der Waals surface area contributed by atoms with Crippen molar-refractivity contribution < 1.29 is 22.5 Å². The second-order valence-electron chi connectivity index (χ2n) is 15.3. The highest BCUT2D eigenvalue weighted by Gasteiger charge is 2.32. The van der Waals surface area contributed by atoms with Crippen LogP contribution in [0.1, 0.15) is 110 Å². The molecule has 0 bridgehead atoms. The van der Waals surface area contributed by atoms with Gasteiger partial charge >= 0.3 is 0 Å². The van der Waals surface area contributed by atoms with Crippen molar-refractivity contribution >= 4 is 37.2 Å². The topological polar surface area (TPSA) is 103 Å². The molecule has 0 spiro atoms. The summed E-state index contributed by atoms with van der Waals surface area (Å²) in [5.74, 6) is 0.676. The molecule has 2 aliphatic rings. The summed E-state index contributed by atoms with van der Waals surface area (Å²) in [6, 6.07) is 12.7. The van der Waals surface area contributed by atoms with E-state index in [0.29, 0.717) is 53.0 Å². The summed E-state index contributed by atoms with van der Waals surface area (Å²) >= 11 is 0. The summed E-state index contributed by atoms with van der Waals surface area (Å²) in [5.41, 5.74) is 1.34. The van der Waals surface area contributed by atoms with Crippen molar-refractivity contribution in [3.05, 3.63) is 48.7 Å². The van der Waals surface area contributed by atoms with Crippen molar-refractivity contribution in [2.75, 3.05) is 70.2 Å². The molecule has 0 saturated carbocycles. The molecule has 0 radical (unpaired) electrons. The third-order valence-electron chi connectivity index (χ3n) is 11.4. The van der Waals surface area contributed by atoms with Crippen LogP contribution in [0.25, 0.3) is 10.9 Å². The molecule has 5 rings (SSSR count). The monoisotopic (exact) mass is 782 g/mol. The van der Waals surface area contributed by atoms with Gasteiger partial charge in [0.05, 0.1) is 29.3 Å². The Hall–Kier alpha value is -2.57. The summed E-state index contributed by atoms with van der Waals surface area (Å²) in [7, 11) is -5.15. The van der Waals surface area contributed by atoms with Gasteiger partial charge in [-0.25, -0.2) is 8.42 Å². The van der Waals surface area contributed by atoms with Gasteiger partial charge in [0.15, 0.2) is 0 Å². The number of fused-ring (bicyclic) bond motifs is 1. The third kappa shape index (κ3) is 12.2. The number of unbranched alkanes of at least 4 members (excludes halogenated alkanes) is 13. The first kappa shape index (κ1) is 42.6. The number of hydrogen-bond donors (Lipinski definition) is 1. The first-order valence-corrected chi connectivity index (χ1v) is 23.9. The number of nitrogens with zero attached hydrogens (tertiary/aromatic N) is 4. The molecule has 11 heteroatoms. The van der Waals surface area contributed by atoms with Crippen LogP contribution < -0.4 is 9.64 Å². The lowest BCUT2D eigenvalue weighted by Crippen LogP contribution is -2.53. The second kappa shape index (κ2) is 22.2. The van der Waals surface area contributed by atoms with Gasteiger partial charge in [-0.15, -0.1) is 0 Å². The van der Waals surface area contributed by atoms with Crippen molar-refractivity contribution in [2.45, 2.75) is 130 Å². The zero-order chi connectivity index (χ0) is 38.2. The lowest BCUT2D eigenvalue weighted by atomic mass is 10.0. The molecule has 54 heavy (non-hydrogen) atoms. The fraction of sp³-hybridized carbons (Fsp3) is 0.651. The normalized spacial score (nSPS) is 17.0. The highest BCUT2D eigenvalue weighted by atomic mass is 32.2. The number of anilines is 1. The van der Waals surface area contributed by atoms with Gasteiger partial charge in [-0.3, -0.25) is 19.0 Å². The standard InChI is InChI=1S/C43H66N4O5S2/c1-3-4-5-6-7-8-9-10-11-12-13-14-15-16-33-52-37-17-20-39(21-18-37)54(50,51)42-35-44-41-22-19-38(53(2)49)34-40(41)43(42)47-25-23-36(24-26-47)46-29-27-45(28-30-46)31-32-48/h17-22,34-36,48H,3-16,23-33H2,1-2H3. The third-order valence-corrected chi connectivity index (χ3v) is 14.1. The summed E-state index contributed by atoms with van der Waals surface area (Å²) < 4.78 is 47.3. The Bertz CT molecular complexity index is 1690. The minimum Gasteiger partial charge on any atom is -0.494 e. The van der Waals surface area contributed by atoms with E-state index in [1.54, 1.807) is 30.5 Å². The van der Waals surface area contributed by atoms with Crippen LogP contribution in [0.5, 0.6) is 5.75 Å². The summed E-state index contributed by atoms with van der Waals surface area (Å²) in [6.45, 7) is 9.11. The molecule has 300 valence electrons. The Morgan fingerprint density at radius 2 is 1.39 bits per heavy atom. The Morgan fingerprint density at radius 3 is 1.96 bits per heavy atom. The number of piperazine rings is 1. The quantitative estimate of drug-likeness (QED) is 0.0954. The van der Waals surface area contributed by atoms with Gasteiger partial charge in [-0.2, -0.15) is 0 Å². The van der Waals surface area contributed by atoms with E-state index in [2.05, 4.69) is 26.6 Å². The predicted molar refractivity (Wildman–Crippen MR) is 222 cm³/mol. The summed E-state index contributed by atoms with van der Waals surface area (Å²) in [5, 5.41) is 10.0. The molecule has 1 aromatic heterocycles. The van der Waals surface area contributed by atoms with Gasteiger partial charge < -0.3 is 14.7 Å². The van der Waals surface area contributed by atoms with Crippen molar-refractivity contribution in [3.8, 4) is 5.75 Å². The van der Waals surface area contributed by atoms with Gasteiger partial charge in [0.2, 0.25) is 9.84 Å². The van der Waals surface area contributed by atoms with Gasteiger partial charge in [-0.05, 0) is 61.7 Å². The average molecular weight is 783 g/mol. The Labute approximate surface area is 328 Å². The van der Waals surface area contributed by atoms with E-state index in [1.807, 2.05) is 18.2 Å². The zero-order valence-electron chi connectivity index (χ0n) is 33.1. The SMILES string of the molecule is CCCCCCCCCCCCCCCCOc1ccc(S(=O)(=O)c2cnc3ccc(S(C)=O)cc3c2N2CCC(N3CCN(CCO)CC3)CC2)cc1. The highest BCUT2D eigenvalue weighted by Crippen LogP contribution is 2.38. The first-order valence-electron chi connectivity index (χ1n) is 20.9. The second-order valence-corrected chi connectivity index (χ2v) is 18.6. The molecule has 1 atom stereocenters. The summed E-state index contributed by atoms with van der Waals surface area (Å²) in [6.07, 6.45) is 23.4. The number of aromatic nitrogens is 1. The van der Waals surface area contributed by atoms with E-state index in [9.17, 15) is 17.7 Å². The van der Waals surface area contributed by atoms with Crippen LogP contribution in [0.4, 0.5) is 5.69 Å². The molecule has 2 aromatic carbocycles. The van der Waals surface area contributed by atoms with Crippen LogP contribution in [0.15, 0.2) is 63.3 Å². The molecule has 2 fully saturated rings. The number of β-amino-alcohol motifs (C(OH)–C–C–N with tert-alkyl or cyclic N) is 1. The van der Waals surface area contributed by atoms with Crippen molar-refractivity contribution in [3.63, 3.8) is 0 Å². The molecule has 9 nitrogen and oxygen atoms in total. The number of pyridine rings is 1. The number of rotatable bonds is 23. The van der Waals surface area contributed by atoms with E-state index in [1.165, 1.54) is 83.2 Å². The van der Waals surface area contributed by atoms with Crippen molar-refractivity contribution in [1.29, 1.82) is 0 Å². The number of aliphatic hydroxyl groups is 1. The van der Waals surface area contributed by atoms with E-state index in [4.69, 9.17) is 4.74 Å². The largest absolute Gasteiger partial charge is 0.494 e. The van der Waals surface area contributed by atoms with Crippen LogP contribution in [-0.2, 0) is 20.6 Å². The van der Waals surface area contributed by atoms with E-state index >= 15 is 0 Å². The molecular weight excluding hydrogens is 717 g/mol. The van der Waals surface area contributed by atoms with E-state index in [-0.39, 0.29) is 16.4 Å². The first-order chi connectivity index (χ1) is 26.3.